The van der Waals surface area contributed by atoms with Gasteiger partial charge in [-0.2, -0.15) is 0 Å². The van der Waals surface area contributed by atoms with Crippen LogP contribution in [-0.4, -0.2) is 36.0 Å². The Morgan fingerprint density at radius 3 is 2.90 bits per heavy atom. The van der Waals surface area contributed by atoms with E-state index in [2.05, 4.69) is 10.2 Å². The van der Waals surface area contributed by atoms with E-state index in [1.807, 2.05) is 26.0 Å². The lowest BCUT2D eigenvalue weighted by Crippen LogP contribution is -2.55. The van der Waals surface area contributed by atoms with Crippen molar-refractivity contribution in [3.63, 3.8) is 0 Å². The third-order valence-corrected chi connectivity index (χ3v) is 4.80. The maximum absolute atomic E-state index is 11.5. The Labute approximate surface area is 125 Å². The number of carbonyl (C=O) groups is 1. The van der Waals surface area contributed by atoms with Gasteiger partial charge in [0.15, 0.2) is 0 Å². The van der Waals surface area contributed by atoms with E-state index < -0.39 is 0 Å². The highest BCUT2D eigenvalue weighted by atomic mass is 16.3. The largest absolute Gasteiger partial charge is 0.465 e. The van der Waals surface area contributed by atoms with Gasteiger partial charge in [0.1, 0.15) is 11.5 Å². The fraction of sp³-hybridized carbons (Fsp3) is 0.688. The van der Waals surface area contributed by atoms with Crippen molar-refractivity contribution in [1.29, 1.82) is 0 Å². The first-order valence-electron chi connectivity index (χ1n) is 7.90. The Bertz CT molecular complexity index is 511. The molecule has 116 valence electrons. The van der Waals surface area contributed by atoms with Crippen LogP contribution in [0.3, 0.4) is 0 Å². The first kappa shape index (κ1) is 14.6. The first-order chi connectivity index (χ1) is 10.0. The molecule has 4 atom stereocenters. The number of hydrogen-bond donors (Lipinski definition) is 2. The second kappa shape index (κ2) is 5.81. The van der Waals surface area contributed by atoms with Crippen molar-refractivity contribution in [3.05, 3.63) is 23.7 Å². The van der Waals surface area contributed by atoms with E-state index in [1.165, 1.54) is 0 Å². The number of rotatable bonds is 3. The number of fused-ring (bicyclic) bond motifs is 1. The summed E-state index contributed by atoms with van der Waals surface area (Å²) in [6.45, 7) is 5.94. The minimum absolute atomic E-state index is 0.0188. The van der Waals surface area contributed by atoms with E-state index >= 15 is 0 Å². The molecule has 3 N–H and O–H groups in total. The summed E-state index contributed by atoms with van der Waals surface area (Å²) < 4.78 is 5.82. The van der Waals surface area contributed by atoms with Crippen LogP contribution in [-0.2, 0) is 4.79 Å². The van der Waals surface area contributed by atoms with Gasteiger partial charge in [0.25, 0.3) is 0 Å². The molecular weight excluding hydrogens is 266 g/mol. The zero-order valence-corrected chi connectivity index (χ0v) is 12.8. The van der Waals surface area contributed by atoms with E-state index in [4.69, 9.17) is 10.2 Å². The van der Waals surface area contributed by atoms with Crippen molar-refractivity contribution in [2.75, 3.05) is 13.1 Å². The monoisotopic (exact) mass is 291 g/mol. The third kappa shape index (κ3) is 2.99. The molecule has 5 nitrogen and oxygen atoms in total. The smallest absolute Gasteiger partial charge is 0.220 e. The van der Waals surface area contributed by atoms with E-state index in [9.17, 15) is 4.79 Å². The van der Waals surface area contributed by atoms with Gasteiger partial charge in [0, 0.05) is 31.6 Å². The standard InChI is InChI=1S/C16H25N3O2/c1-10-3-5-14(21-10)16(11(2)17)19-8-7-13-12(9-19)4-6-15(20)18-13/h3,5,11-13,16H,4,6-9,17H2,1-2H3,(H,18,20). The summed E-state index contributed by atoms with van der Waals surface area (Å²) in [5, 5.41) is 3.13. The van der Waals surface area contributed by atoms with Crippen molar-refractivity contribution >= 4 is 5.91 Å². The lowest BCUT2D eigenvalue weighted by atomic mass is 9.84. The number of amides is 1. The Morgan fingerprint density at radius 2 is 2.24 bits per heavy atom. The average molecular weight is 291 g/mol. The summed E-state index contributed by atoms with van der Waals surface area (Å²) in [6, 6.07) is 4.52. The Hall–Kier alpha value is -1.33. The number of likely N-dealkylation sites (tertiary alicyclic amines) is 1. The van der Waals surface area contributed by atoms with Gasteiger partial charge in [-0.25, -0.2) is 0 Å². The van der Waals surface area contributed by atoms with Gasteiger partial charge >= 0.3 is 0 Å². The van der Waals surface area contributed by atoms with Gasteiger partial charge in [0.05, 0.1) is 6.04 Å². The van der Waals surface area contributed by atoms with Crippen LogP contribution in [0, 0.1) is 12.8 Å². The molecule has 1 aromatic heterocycles. The molecule has 1 amide bonds. The minimum atomic E-state index is 0.0188. The second-order valence-electron chi connectivity index (χ2n) is 6.51. The predicted octanol–water partition coefficient (Wildman–Crippen LogP) is 1.58. The molecular formula is C16H25N3O2. The summed E-state index contributed by atoms with van der Waals surface area (Å²) in [7, 11) is 0. The van der Waals surface area contributed by atoms with Crippen LogP contribution in [0.15, 0.2) is 16.5 Å². The topological polar surface area (TPSA) is 71.5 Å². The average Bonchev–Trinajstić information content (AvgIpc) is 2.85. The molecule has 4 unspecified atom stereocenters. The summed E-state index contributed by atoms with van der Waals surface area (Å²) in [6.07, 6.45) is 2.63. The van der Waals surface area contributed by atoms with Crippen LogP contribution in [0.5, 0.6) is 0 Å². The molecule has 2 fully saturated rings. The molecule has 0 spiro atoms. The molecule has 2 aliphatic rings. The van der Waals surface area contributed by atoms with Crippen LogP contribution in [0.2, 0.25) is 0 Å². The maximum Gasteiger partial charge on any atom is 0.220 e. The molecule has 0 radical (unpaired) electrons. The van der Waals surface area contributed by atoms with E-state index in [0.717, 1.165) is 37.5 Å². The minimum Gasteiger partial charge on any atom is -0.465 e. The number of aryl methyl sites for hydroxylation is 1. The van der Waals surface area contributed by atoms with Gasteiger partial charge in [-0.3, -0.25) is 9.69 Å². The molecule has 3 rings (SSSR count). The Kier molecular flexibility index (Phi) is 4.04. The number of piperidine rings is 2. The van der Waals surface area contributed by atoms with Gasteiger partial charge in [0.2, 0.25) is 5.91 Å². The molecule has 0 aromatic carbocycles. The van der Waals surface area contributed by atoms with E-state index in [1.54, 1.807) is 0 Å². The normalized spacial score (nSPS) is 29.6. The third-order valence-electron chi connectivity index (χ3n) is 4.80. The summed E-state index contributed by atoms with van der Waals surface area (Å²) in [4.78, 5) is 13.9. The molecule has 3 heterocycles. The maximum atomic E-state index is 11.5. The summed E-state index contributed by atoms with van der Waals surface area (Å²) in [5.41, 5.74) is 6.23. The second-order valence-corrected chi connectivity index (χ2v) is 6.51. The molecule has 21 heavy (non-hydrogen) atoms. The number of nitrogens with one attached hydrogen (secondary N) is 1. The van der Waals surface area contributed by atoms with E-state index in [-0.39, 0.29) is 18.0 Å². The van der Waals surface area contributed by atoms with Gasteiger partial charge < -0.3 is 15.5 Å². The molecule has 0 saturated carbocycles. The van der Waals surface area contributed by atoms with Crippen molar-refractivity contribution in [1.82, 2.24) is 10.2 Å². The lowest BCUT2D eigenvalue weighted by Gasteiger charge is -2.44. The SMILES string of the molecule is Cc1ccc(C(C(C)N)N2CCC3NC(=O)CCC3C2)o1. The van der Waals surface area contributed by atoms with Crippen molar-refractivity contribution in [3.8, 4) is 0 Å². The first-order valence-corrected chi connectivity index (χ1v) is 7.90. The fourth-order valence-electron chi connectivity index (χ4n) is 3.77. The number of carbonyl (C=O) groups excluding carboxylic acids is 1. The number of hydrogen-bond acceptors (Lipinski definition) is 4. The lowest BCUT2D eigenvalue weighted by molar-refractivity contribution is -0.125. The van der Waals surface area contributed by atoms with Crippen LogP contribution >= 0.6 is 0 Å². The highest BCUT2D eigenvalue weighted by Crippen LogP contribution is 2.32. The molecule has 2 aliphatic heterocycles. The fourth-order valence-corrected chi connectivity index (χ4v) is 3.77. The number of nitrogens with two attached hydrogens (primary N) is 1. The summed E-state index contributed by atoms with van der Waals surface area (Å²) >= 11 is 0. The van der Waals surface area contributed by atoms with Crippen LogP contribution in [0.1, 0.15) is 43.7 Å². The highest BCUT2D eigenvalue weighted by Gasteiger charge is 2.38. The number of furan rings is 1. The molecule has 0 aliphatic carbocycles. The predicted molar refractivity (Wildman–Crippen MR) is 80.7 cm³/mol. The molecule has 0 bridgehead atoms. The van der Waals surface area contributed by atoms with Crippen LogP contribution in [0.4, 0.5) is 0 Å². The van der Waals surface area contributed by atoms with Gasteiger partial charge in [-0.05, 0) is 44.7 Å². The highest BCUT2D eigenvalue weighted by molar-refractivity contribution is 5.77. The Balaban J connectivity index is 1.74. The van der Waals surface area contributed by atoms with Gasteiger partial charge in [-0.15, -0.1) is 0 Å². The summed E-state index contributed by atoms with van der Waals surface area (Å²) in [5.74, 6) is 2.63. The van der Waals surface area contributed by atoms with Crippen molar-refractivity contribution < 1.29 is 9.21 Å². The van der Waals surface area contributed by atoms with Crippen LogP contribution in [0.25, 0.3) is 0 Å². The van der Waals surface area contributed by atoms with Crippen molar-refractivity contribution in [2.24, 2.45) is 11.7 Å². The number of nitrogens with zero attached hydrogens (tertiary/aromatic N) is 1. The van der Waals surface area contributed by atoms with Gasteiger partial charge in [-0.1, -0.05) is 0 Å². The molecule has 2 saturated heterocycles. The molecule has 5 heteroatoms. The zero-order chi connectivity index (χ0) is 15.0. The Morgan fingerprint density at radius 1 is 1.43 bits per heavy atom. The zero-order valence-electron chi connectivity index (χ0n) is 12.8. The molecule has 1 aromatic rings. The van der Waals surface area contributed by atoms with Crippen molar-refractivity contribution in [2.45, 2.75) is 51.2 Å². The van der Waals surface area contributed by atoms with Crippen LogP contribution < -0.4 is 11.1 Å². The van der Waals surface area contributed by atoms with E-state index in [0.29, 0.717) is 18.4 Å². The quantitative estimate of drug-likeness (QED) is 0.887.